The van der Waals surface area contributed by atoms with Gasteiger partial charge in [0.1, 0.15) is 18.3 Å². The van der Waals surface area contributed by atoms with Gasteiger partial charge in [-0.15, -0.1) is 0 Å². The van der Waals surface area contributed by atoms with Gasteiger partial charge in [-0.2, -0.15) is 0 Å². The van der Waals surface area contributed by atoms with E-state index < -0.39 is 55.5 Å². The Kier molecular flexibility index (Phi) is 7.87. The van der Waals surface area contributed by atoms with Crippen LogP contribution in [-0.4, -0.2) is 86.1 Å². The number of aliphatic hydroxyl groups excluding tert-OH is 4. The molecule has 2 unspecified atom stereocenters. The first-order valence-electron chi connectivity index (χ1n) is 10.2. The van der Waals surface area contributed by atoms with Crippen LogP contribution in [0.1, 0.15) is 31.2 Å². The molecule has 0 amide bonds. The average Bonchev–Trinajstić information content (AvgIpc) is 2.75. The van der Waals surface area contributed by atoms with Crippen LogP contribution in [-0.2, 0) is 19.0 Å². The van der Waals surface area contributed by atoms with E-state index in [-0.39, 0.29) is 11.5 Å². The number of benzene rings is 1. The summed E-state index contributed by atoms with van der Waals surface area (Å²) in [4.78, 5) is 12.3. The number of phenols is 2. The van der Waals surface area contributed by atoms with E-state index in [4.69, 9.17) is 14.2 Å². The molecule has 0 radical (unpaired) electrons. The molecule has 7 atom stereocenters. The Hall–Kier alpha value is -2.21. The number of rotatable bonds is 6. The average molecular weight is 440 g/mol. The molecule has 10 nitrogen and oxygen atoms in total. The molecule has 6 N–H and O–H groups in total. The van der Waals surface area contributed by atoms with Gasteiger partial charge in [-0.05, 0) is 36.6 Å². The van der Waals surface area contributed by atoms with Crippen LogP contribution >= 0.6 is 0 Å². The highest BCUT2D eigenvalue weighted by Gasteiger charge is 2.48. The van der Waals surface area contributed by atoms with Crippen molar-refractivity contribution in [2.45, 2.75) is 68.6 Å². The summed E-state index contributed by atoms with van der Waals surface area (Å²) >= 11 is 0. The lowest BCUT2D eigenvalue weighted by molar-refractivity contribution is -0.320. The third kappa shape index (κ3) is 5.73. The molecular weight excluding hydrogens is 412 g/mol. The van der Waals surface area contributed by atoms with Crippen molar-refractivity contribution < 1.29 is 49.6 Å². The number of hydrogen-bond donors (Lipinski definition) is 6. The van der Waals surface area contributed by atoms with Crippen LogP contribution in [0.25, 0.3) is 6.08 Å². The number of esters is 1. The summed E-state index contributed by atoms with van der Waals surface area (Å²) in [6.45, 7) is -0.587. The van der Waals surface area contributed by atoms with Crippen molar-refractivity contribution in [3.63, 3.8) is 0 Å². The number of aromatic hydroxyl groups is 2. The second kappa shape index (κ2) is 10.4. The first kappa shape index (κ1) is 23.5. The van der Waals surface area contributed by atoms with Crippen molar-refractivity contribution in [2.75, 3.05) is 6.61 Å². The molecule has 2 aliphatic rings. The van der Waals surface area contributed by atoms with E-state index in [0.29, 0.717) is 18.4 Å². The van der Waals surface area contributed by atoms with Crippen molar-refractivity contribution in [2.24, 2.45) is 0 Å². The highest BCUT2D eigenvalue weighted by Crippen LogP contribution is 2.30. The van der Waals surface area contributed by atoms with E-state index >= 15 is 0 Å². The second-order valence-corrected chi connectivity index (χ2v) is 7.72. The summed E-state index contributed by atoms with van der Waals surface area (Å²) in [5.41, 5.74) is 0.409. The Balaban J connectivity index is 1.71. The number of hydrogen-bond acceptors (Lipinski definition) is 10. The molecule has 1 aromatic carbocycles. The highest BCUT2D eigenvalue weighted by atomic mass is 16.7. The molecule has 31 heavy (non-hydrogen) atoms. The normalized spacial score (nSPS) is 34.0. The zero-order valence-electron chi connectivity index (χ0n) is 16.8. The minimum absolute atomic E-state index is 0.306. The van der Waals surface area contributed by atoms with E-state index in [1.54, 1.807) is 0 Å². The summed E-state index contributed by atoms with van der Waals surface area (Å²) in [5.74, 6) is -1.54. The molecule has 0 aromatic heterocycles. The predicted octanol–water partition coefficient (Wildman–Crippen LogP) is -0.218. The topological polar surface area (TPSA) is 166 Å². The SMILES string of the molecule is O=C(/C=C/c1ccc(O)c(O)c1)O[C@@H]1[C@@H](OC2CCCCC2O)O[C@@H](CO)[C@H](O)[C@H]1O. The molecule has 2 fully saturated rings. The first-order chi connectivity index (χ1) is 14.8. The molecule has 10 heteroatoms. The zero-order chi connectivity index (χ0) is 22.5. The van der Waals surface area contributed by atoms with Gasteiger partial charge in [0.15, 0.2) is 23.9 Å². The monoisotopic (exact) mass is 440 g/mol. The van der Waals surface area contributed by atoms with Gasteiger partial charge >= 0.3 is 5.97 Å². The maximum absolute atomic E-state index is 12.3. The predicted molar refractivity (Wildman–Crippen MR) is 106 cm³/mol. The van der Waals surface area contributed by atoms with Gasteiger partial charge in [-0.25, -0.2) is 4.79 Å². The molecule has 172 valence electrons. The fourth-order valence-corrected chi connectivity index (χ4v) is 3.68. The quantitative estimate of drug-likeness (QED) is 0.198. The molecule has 0 bridgehead atoms. The van der Waals surface area contributed by atoms with Crippen LogP contribution in [0.3, 0.4) is 0 Å². The number of phenolic OH excluding ortho intramolecular Hbond substituents is 2. The molecule has 1 aromatic rings. The summed E-state index contributed by atoms with van der Waals surface area (Å²) in [6, 6.07) is 3.96. The van der Waals surface area contributed by atoms with Gasteiger partial charge in [-0.3, -0.25) is 0 Å². The van der Waals surface area contributed by atoms with Crippen molar-refractivity contribution in [3.8, 4) is 11.5 Å². The summed E-state index contributed by atoms with van der Waals surface area (Å²) in [7, 11) is 0. The van der Waals surface area contributed by atoms with Crippen molar-refractivity contribution in [3.05, 3.63) is 29.8 Å². The Morgan fingerprint density at radius 2 is 1.84 bits per heavy atom. The van der Waals surface area contributed by atoms with Crippen LogP contribution < -0.4 is 0 Å². The Morgan fingerprint density at radius 3 is 2.52 bits per heavy atom. The lowest BCUT2D eigenvalue weighted by Gasteiger charge is -2.43. The third-order valence-corrected chi connectivity index (χ3v) is 5.46. The largest absolute Gasteiger partial charge is 0.504 e. The Labute approximate surface area is 178 Å². The Bertz CT molecular complexity index is 781. The standard InChI is InChI=1S/C21H28O10/c22-10-16-18(27)19(28)20(21(30-16)29-15-4-2-1-3-13(15)24)31-17(26)8-6-11-5-7-12(23)14(25)9-11/h5-9,13,15-16,18-25,27-28H,1-4,10H2/b8-6+/t13?,15?,16-,18-,19+,20-,21-/m0/s1. The van der Waals surface area contributed by atoms with Gasteiger partial charge in [0.05, 0.1) is 18.8 Å². The molecule has 1 aliphatic heterocycles. The van der Waals surface area contributed by atoms with Gasteiger partial charge < -0.3 is 44.8 Å². The minimum atomic E-state index is -1.59. The summed E-state index contributed by atoms with van der Waals surface area (Å²) < 4.78 is 16.6. The maximum Gasteiger partial charge on any atom is 0.331 e. The smallest absolute Gasteiger partial charge is 0.331 e. The number of ether oxygens (including phenoxy) is 3. The number of aliphatic hydroxyl groups is 4. The second-order valence-electron chi connectivity index (χ2n) is 7.72. The van der Waals surface area contributed by atoms with E-state index in [9.17, 15) is 35.4 Å². The third-order valence-electron chi connectivity index (χ3n) is 5.46. The van der Waals surface area contributed by atoms with E-state index in [1.165, 1.54) is 24.3 Å². The van der Waals surface area contributed by atoms with Gasteiger partial charge in [0.2, 0.25) is 0 Å². The van der Waals surface area contributed by atoms with E-state index in [0.717, 1.165) is 18.9 Å². The van der Waals surface area contributed by atoms with Gasteiger partial charge in [0.25, 0.3) is 0 Å². The molecule has 1 aliphatic carbocycles. The van der Waals surface area contributed by atoms with Crippen molar-refractivity contribution >= 4 is 12.0 Å². The van der Waals surface area contributed by atoms with E-state index in [2.05, 4.69) is 0 Å². The summed E-state index contributed by atoms with van der Waals surface area (Å²) in [6.07, 6.45) is -3.17. The molecule has 1 heterocycles. The van der Waals surface area contributed by atoms with Crippen LogP contribution in [0.15, 0.2) is 24.3 Å². The molecular formula is C21H28O10. The zero-order valence-corrected chi connectivity index (χ0v) is 16.8. The molecule has 1 saturated carbocycles. The first-order valence-corrected chi connectivity index (χ1v) is 10.2. The number of carbonyl (C=O) groups is 1. The van der Waals surface area contributed by atoms with Gasteiger partial charge in [0, 0.05) is 6.08 Å². The molecule has 3 rings (SSSR count). The molecule has 0 spiro atoms. The van der Waals surface area contributed by atoms with Gasteiger partial charge in [-0.1, -0.05) is 18.9 Å². The minimum Gasteiger partial charge on any atom is -0.504 e. The lowest BCUT2D eigenvalue weighted by Crippen LogP contribution is -2.61. The van der Waals surface area contributed by atoms with Crippen LogP contribution in [0.2, 0.25) is 0 Å². The van der Waals surface area contributed by atoms with Crippen LogP contribution in [0, 0.1) is 0 Å². The summed E-state index contributed by atoms with van der Waals surface area (Å²) in [5, 5.41) is 59.0. The highest BCUT2D eigenvalue weighted by molar-refractivity contribution is 5.87. The van der Waals surface area contributed by atoms with Crippen LogP contribution in [0.4, 0.5) is 0 Å². The number of carbonyl (C=O) groups excluding carboxylic acids is 1. The fourth-order valence-electron chi connectivity index (χ4n) is 3.68. The van der Waals surface area contributed by atoms with Crippen molar-refractivity contribution in [1.82, 2.24) is 0 Å². The Morgan fingerprint density at radius 1 is 1.10 bits per heavy atom. The lowest BCUT2D eigenvalue weighted by atomic mass is 9.94. The fraction of sp³-hybridized carbons (Fsp3) is 0.571. The van der Waals surface area contributed by atoms with Crippen molar-refractivity contribution in [1.29, 1.82) is 0 Å². The van der Waals surface area contributed by atoms with Crippen LogP contribution in [0.5, 0.6) is 11.5 Å². The molecule has 1 saturated heterocycles. The van der Waals surface area contributed by atoms with E-state index in [1.807, 2.05) is 0 Å². The maximum atomic E-state index is 12.3.